The number of urea groups is 1. The summed E-state index contributed by atoms with van der Waals surface area (Å²) >= 11 is 5.75. The molecule has 8 heteroatoms. The van der Waals surface area contributed by atoms with Gasteiger partial charge in [-0.25, -0.2) is 9.59 Å². The van der Waals surface area contributed by atoms with E-state index in [9.17, 15) is 14.4 Å². The van der Waals surface area contributed by atoms with Crippen LogP contribution in [0.5, 0.6) is 0 Å². The minimum Gasteiger partial charge on any atom is -0.478 e. The second kappa shape index (κ2) is 5.79. The fourth-order valence-corrected chi connectivity index (χ4v) is 1.53. The number of amides is 3. The van der Waals surface area contributed by atoms with Crippen LogP contribution in [0.1, 0.15) is 24.2 Å². The molecule has 0 bridgehead atoms. The van der Waals surface area contributed by atoms with Crippen LogP contribution in [0.25, 0.3) is 0 Å². The molecule has 1 rings (SSSR count). The van der Waals surface area contributed by atoms with E-state index in [0.29, 0.717) is 0 Å². The molecule has 1 aromatic carbocycles. The van der Waals surface area contributed by atoms with Gasteiger partial charge in [-0.15, -0.1) is 0 Å². The zero-order chi connectivity index (χ0) is 15.5. The molecule has 0 aliphatic rings. The Balaban J connectivity index is 2.86. The van der Waals surface area contributed by atoms with Crippen LogP contribution in [0.3, 0.4) is 0 Å². The van der Waals surface area contributed by atoms with Gasteiger partial charge >= 0.3 is 12.0 Å². The van der Waals surface area contributed by atoms with Crippen molar-refractivity contribution in [2.24, 2.45) is 5.73 Å². The van der Waals surface area contributed by atoms with Gasteiger partial charge in [0.25, 0.3) is 0 Å². The van der Waals surface area contributed by atoms with E-state index in [0.717, 1.165) is 0 Å². The van der Waals surface area contributed by atoms with E-state index in [1.54, 1.807) is 0 Å². The number of halogens is 1. The fraction of sp³-hybridized carbons (Fsp3) is 0.250. The lowest BCUT2D eigenvalue weighted by Gasteiger charge is -2.22. The molecule has 0 atom stereocenters. The highest BCUT2D eigenvalue weighted by molar-refractivity contribution is 6.31. The molecule has 3 amide bonds. The zero-order valence-corrected chi connectivity index (χ0v) is 11.6. The van der Waals surface area contributed by atoms with Gasteiger partial charge in [0.15, 0.2) is 0 Å². The molecule has 5 N–H and O–H groups in total. The van der Waals surface area contributed by atoms with Crippen molar-refractivity contribution in [1.29, 1.82) is 0 Å². The number of carbonyl (C=O) groups excluding carboxylic acids is 2. The molecular formula is C12H14ClN3O4. The van der Waals surface area contributed by atoms with Crippen LogP contribution in [0.15, 0.2) is 18.2 Å². The van der Waals surface area contributed by atoms with Crippen LogP contribution in [0, 0.1) is 0 Å². The summed E-state index contributed by atoms with van der Waals surface area (Å²) in [6.07, 6.45) is 0. The number of nitrogens with one attached hydrogen (secondary N) is 2. The topological polar surface area (TPSA) is 122 Å². The molecule has 0 radical (unpaired) electrons. The lowest BCUT2D eigenvalue weighted by molar-refractivity contribution is -0.122. The highest BCUT2D eigenvalue weighted by Gasteiger charge is 2.26. The van der Waals surface area contributed by atoms with Gasteiger partial charge in [0.05, 0.1) is 5.56 Å². The van der Waals surface area contributed by atoms with Crippen molar-refractivity contribution in [2.45, 2.75) is 19.4 Å². The summed E-state index contributed by atoms with van der Waals surface area (Å²) in [7, 11) is 0. The molecular weight excluding hydrogens is 286 g/mol. The first-order chi connectivity index (χ1) is 9.11. The van der Waals surface area contributed by atoms with Gasteiger partial charge in [-0.05, 0) is 32.0 Å². The zero-order valence-electron chi connectivity index (χ0n) is 10.9. The quantitative estimate of drug-likeness (QED) is 0.671. The second-order valence-corrected chi connectivity index (χ2v) is 5.04. The molecule has 0 heterocycles. The van der Waals surface area contributed by atoms with Gasteiger partial charge < -0.3 is 21.5 Å². The van der Waals surface area contributed by atoms with Crippen LogP contribution >= 0.6 is 11.6 Å². The summed E-state index contributed by atoms with van der Waals surface area (Å²) in [6.45, 7) is 2.88. The van der Waals surface area contributed by atoms with E-state index >= 15 is 0 Å². The minimum atomic E-state index is -1.24. The molecule has 0 saturated heterocycles. The van der Waals surface area contributed by atoms with Crippen LogP contribution in [0.2, 0.25) is 5.02 Å². The number of carboxylic acid groups (broad SMARTS) is 1. The lowest BCUT2D eigenvalue weighted by Crippen LogP contribution is -2.54. The standard InChI is InChI=1S/C12H14ClN3O4/c1-12(2,10(14)19)16-11(20)15-8-4-6(9(17)18)3-7(13)5-8/h3-5H,1-2H3,(H2,14,19)(H,17,18)(H2,15,16,20). The number of hydrogen-bond donors (Lipinski definition) is 4. The Labute approximate surface area is 120 Å². The molecule has 0 saturated carbocycles. The van der Waals surface area contributed by atoms with Crippen LogP contribution in [-0.4, -0.2) is 28.6 Å². The van der Waals surface area contributed by atoms with Gasteiger partial charge in [-0.1, -0.05) is 11.6 Å². The third-order valence-electron chi connectivity index (χ3n) is 2.44. The van der Waals surface area contributed by atoms with Gasteiger partial charge in [-0.3, -0.25) is 4.79 Å². The largest absolute Gasteiger partial charge is 0.478 e. The number of aromatic carboxylic acids is 1. The maximum Gasteiger partial charge on any atom is 0.335 e. The van der Waals surface area contributed by atoms with E-state index in [4.69, 9.17) is 22.4 Å². The average molecular weight is 300 g/mol. The first-order valence-electron chi connectivity index (χ1n) is 5.55. The average Bonchev–Trinajstić information content (AvgIpc) is 2.26. The number of carboxylic acids is 1. The van der Waals surface area contributed by atoms with Crippen LogP contribution in [-0.2, 0) is 4.79 Å². The van der Waals surface area contributed by atoms with Crippen molar-refractivity contribution < 1.29 is 19.5 Å². The molecule has 1 aromatic rings. The predicted octanol–water partition coefficient (Wildman–Crippen LogP) is 1.42. The summed E-state index contributed by atoms with van der Waals surface area (Å²) in [5, 5.41) is 13.8. The SMILES string of the molecule is CC(C)(NC(=O)Nc1cc(Cl)cc(C(=O)O)c1)C(N)=O. The first kappa shape index (κ1) is 15.8. The highest BCUT2D eigenvalue weighted by atomic mass is 35.5. The second-order valence-electron chi connectivity index (χ2n) is 4.60. The summed E-state index contributed by atoms with van der Waals surface area (Å²) in [4.78, 5) is 33.7. The molecule has 7 nitrogen and oxygen atoms in total. The van der Waals surface area contributed by atoms with Gasteiger partial charge in [0.2, 0.25) is 5.91 Å². The number of anilines is 1. The van der Waals surface area contributed by atoms with Gasteiger partial charge in [0, 0.05) is 10.7 Å². The monoisotopic (exact) mass is 299 g/mol. The normalized spacial score (nSPS) is 10.8. The Hall–Kier alpha value is -2.28. The van der Waals surface area contributed by atoms with Crippen molar-refractivity contribution in [3.63, 3.8) is 0 Å². The van der Waals surface area contributed by atoms with E-state index in [-0.39, 0.29) is 16.3 Å². The van der Waals surface area contributed by atoms with Gasteiger partial charge in [-0.2, -0.15) is 0 Å². The van der Waals surface area contributed by atoms with Gasteiger partial charge in [0.1, 0.15) is 5.54 Å². The van der Waals surface area contributed by atoms with Crippen molar-refractivity contribution in [1.82, 2.24) is 5.32 Å². The number of carbonyl (C=O) groups is 3. The number of benzene rings is 1. The van der Waals surface area contributed by atoms with Crippen LogP contribution in [0.4, 0.5) is 10.5 Å². The molecule has 0 aliphatic heterocycles. The van der Waals surface area contributed by atoms with E-state index in [1.165, 1.54) is 32.0 Å². The number of primary amides is 1. The first-order valence-corrected chi connectivity index (χ1v) is 5.92. The Morgan fingerprint density at radius 3 is 2.35 bits per heavy atom. The summed E-state index contributed by atoms with van der Waals surface area (Å²) < 4.78 is 0. The molecule has 108 valence electrons. The molecule has 0 aromatic heterocycles. The van der Waals surface area contributed by atoms with Crippen molar-refractivity contribution in [2.75, 3.05) is 5.32 Å². The van der Waals surface area contributed by atoms with Crippen molar-refractivity contribution >= 4 is 35.2 Å². The molecule has 0 aliphatic carbocycles. The molecule has 0 fully saturated rings. The minimum absolute atomic E-state index is 0.0676. The summed E-state index contributed by atoms with van der Waals surface area (Å²) in [6, 6.07) is 3.17. The molecule has 0 unspecified atom stereocenters. The molecule has 20 heavy (non-hydrogen) atoms. The van der Waals surface area contributed by atoms with E-state index in [1.807, 2.05) is 0 Å². The highest BCUT2D eigenvalue weighted by Crippen LogP contribution is 2.19. The predicted molar refractivity (Wildman–Crippen MR) is 73.8 cm³/mol. The molecule has 0 spiro atoms. The third-order valence-corrected chi connectivity index (χ3v) is 2.66. The smallest absolute Gasteiger partial charge is 0.335 e. The summed E-state index contributed by atoms with van der Waals surface area (Å²) in [5.41, 5.74) is 4.00. The summed E-state index contributed by atoms with van der Waals surface area (Å²) in [5.74, 6) is -1.88. The maximum absolute atomic E-state index is 11.7. The Morgan fingerprint density at radius 1 is 1.25 bits per heavy atom. The van der Waals surface area contributed by atoms with Crippen molar-refractivity contribution in [3.05, 3.63) is 28.8 Å². The van der Waals surface area contributed by atoms with Crippen LogP contribution < -0.4 is 16.4 Å². The Kier molecular flexibility index (Phi) is 4.57. The van der Waals surface area contributed by atoms with E-state index < -0.39 is 23.4 Å². The fourth-order valence-electron chi connectivity index (χ4n) is 1.29. The van der Waals surface area contributed by atoms with E-state index in [2.05, 4.69) is 10.6 Å². The Bertz CT molecular complexity index is 572. The maximum atomic E-state index is 11.7. The number of rotatable bonds is 4. The number of hydrogen-bond acceptors (Lipinski definition) is 3. The lowest BCUT2D eigenvalue weighted by atomic mass is 10.1. The Morgan fingerprint density at radius 2 is 1.85 bits per heavy atom. The number of nitrogens with two attached hydrogens (primary N) is 1. The third kappa shape index (κ3) is 4.13. The van der Waals surface area contributed by atoms with Crippen molar-refractivity contribution in [3.8, 4) is 0 Å².